The molecule has 0 amide bonds. The van der Waals surface area contributed by atoms with Crippen molar-refractivity contribution in [3.63, 3.8) is 0 Å². The Balaban J connectivity index is 2.18. The average molecular weight is 190 g/mol. The van der Waals surface area contributed by atoms with E-state index in [9.17, 15) is 4.39 Å². The van der Waals surface area contributed by atoms with Gasteiger partial charge in [0.2, 0.25) is 0 Å². The summed E-state index contributed by atoms with van der Waals surface area (Å²) in [6, 6.07) is 8.38. The number of rotatable bonds is 3. The first-order chi connectivity index (χ1) is 6.81. The van der Waals surface area contributed by atoms with Gasteiger partial charge in [-0.05, 0) is 18.9 Å². The number of hydrogen-bond donors (Lipinski definition) is 1. The highest BCUT2D eigenvalue weighted by Crippen LogP contribution is 2.24. The van der Waals surface area contributed by atoms with Crippen molar-refractivity contribution in [1.29, 1.82) is 5.26 Å². The lowest BCUT2D eigenvalue weighted by atomic mass is 10.1. The van der Waals surface area contributed by atoms with E-state index < -0.39 is 6.04 Å². The molecule has 1 saturated carbocycles. The number of nitriles is 1. The molecular weight excluding hydrogens is 179 g/mol. The van der Waals surface area contributed by atoms with Crippen molar-refractivity contribution in [2.24, 2.45) is 0 Å². The minimum Gasteiger partial charge on any atom is -0.295 e. The van der Waals surface area contributed by atoms with Crippen LogP contribution in [0.25, 0.3) is 0 Å². The van der Waals surface area contributed by atoms with Gasteiger partial charge in [-0.3, -0.25) is 5.32 Å². The Hall–Kier alpha value is -1.40. The van der Waals surface area contributed by atoms with Crippen molar-refractivity contribution in [2.75, 3.05) is 0 Å². The lowest BCUT2D eigenvalue weighted by molar-refractivity contribution is 0.560. The summed E-state index contributed by atoms with van der Waals surface area (Å²) in [4.78, 5) is 0. The summed E-state index contributed by atoms with van der Waals surface area (Å²) in [5, 5.41) is 12.0. The van der Waals surface area contributed by atoms with Crippen molar-refractivity contribution >= 4 is 0 Å². The van der Waals surface area contributed by atoms with E-state index >= 15 is 0 Å². The van der Waals surface area contributed by atoms with E-state index in [1.54, 1.807) is 18.2 Å². The molecule has 1 aromatic rings. The standard InChI is InChI=1S/C11H11FN2/c12-10-4-2-1-3-9(10)11(7-13)14-8-5-6-8/h1-4,8,11,14H,5-6H2. The van der Waals surface area contributed by atoms with Crippen LogP contribution in [0, 0.1) is 17.1 Å². The van der Waals surface area contributed by atoms with Crippen molar-refractivity contribution < 1.29 is 4.39 Å². The topological polar surface area (TPSA) is 35.8 Å². The fraction of sp³-hybridized carbons (Fsp3) is 0.364. The van der Waals surface area contributed by atoms with Gasteiger partial charge >= 0.3 is 0 Å². The van der Waals surface area contributed by atoms with E-state index in [2.05, 4.69) is 11.4 Å². The molecule has 2 rings (SSSR count). The van der Waals surface area contributed by atoms with E-state index in [-0.39, 0.29) is 5.82 Å². The first-order valence-electron chi connectivity index (χ1n) is 4.71. The van der Waals surface area contributed by atoms with E-state index in [0.29, 0.717) is 11.6 Å². The summed E-state index contributed by atoms with van der Waals surface area (Å²) in [7, 11) is 0. The lowest BCUT2D eigenvalue weighted by Crippen LogP contribution is -2.22. The van der Waals surface area contributed by atoms with Crippen LogP contribution in [-0.2, 0) is 0 Å². The number of nitrogens with one attached hydrogen (secondary N) is 1. The Labute approximate surface area is 82.4 Å². The third-order valence-corrected chi connectivity index (χ3v) is 2.33. The number of halogens is 1. The average Bonchev–Trinajstić information content (AvgIpc) is 2.99. The monoisotopic (exact) mass is 190 g/mol. The van der Waals surface area contributed by atoms with Crippen molar-refractivity contribution in [3.8, 4) is 6.07 Å². The molecule has 72 valence electrons. The Bertz CT molecular complexity index is 366. The molecule has 0 spiro atoms. The number of nitrogens with zero attached hydrogens (tertiary/aromatic N) is 1. The molecule has 0 saturated heterocycles. The molecule has 0 aromatic heterocycles. The second kappa shape index (κ2) is 3.77. The maximum absolute atomic E-state index is 13.3. The maximum Gasteiger partial charge on any atom is 0.129 e. The van der Waals surface area contributed by atoms with Gasteiger partial charge in [-0.1, -0.05) is 18.2 Å². The van der Waals surface area contributed by atoms with Crippen LogP contribution < -0.4 is 5.32 Å². The van der Waals surface area contributed by atoms with Gasteiger partial charge in [-0.15, -0.1) is 0 Å². The summed E-state index contributed by atoms with van der Waals surface area (Å²) in [6.07, 6.45) is 2.18. The Morgan fingerprint density at radius 3 is 2.71 bits per heavy atom. The first-order valence-corrected chi connectivity index (χ1v) is 4.71. The molecule has 0 bridgehead atoms. The first kappa shape index (κ1) is 9.17. The Morgan fingerprint density at radius 1 is 1.43 bits per heavy atom. The Morgan fingerprint density at radius 2 is 2.14 bits per heavy atom. The van der Waals surface area contributed by atoms with Crippen LogP contribution in [0.4, 0.5) is 4.39 Å². The van der Waals surface area contributed by atoms with E-state index in [4.69, 9.17) is 5.26 Å². The molecule has 0 radical (unpaired) electrons. The largest absolute Gasteiger partial charge is 0.295 e. The lowest BCUT2D eigenvalue weighted by Gasteiger charge is -2.11. The van der Waals surface area contributed by atoms with Crippen LogP contribution >= 0.6 is 0 Å². The van der Waals surface area contributed by atoms with Gasteiger partial charge in [0.05, 0.1) is 6.07 Å². The Kier molecular flexibility index (Phi) is 2.47. The highest BCUT2D eigenvalue weighted by Gasteiger charge is 2.26. The predicted octanol–water partition coefficient (Wildman–Crippen LogP) is 2.14. The zero-order valence-corrected chi connectivity index (χ0v) is 7.70. The van der Waals surface area contributed by atoms with Crippen LogP contribution in [0.3, 0.4) is 0 Å². The summed E-state index contributed by atoms with van der Waals surface area (Å²) < 4.78 is 13.3. The highest BCUT2D eigenvalue weighted by atomic mass is 19.1. The normalized spacial score (nSPS) is 17.4. The number of hydrogen-bond acceptors (Lipinski definition) is 2. The molecule has 1 aliphatic carbocycles. The maximum atomic E-state index is 13.3. The summed E-state index contributed by atoms with van der Waals surface area (Å²) in [6.45, 7) is 0. The molecular formula is C11H11FN2. The van der Waals surface area contributed by atoms with Crippen LogP contribution in [-0.4, -0.2) is 6.04 Å². The minimum absolute atomic E-state index is 0.313. The van der Waals surface area contributed by atoms with Gasteiger partial charge in [0.1, 0.15) is 11.9 Å². The third-order valence-electron chi connectivity index (χ3n) is 2.33. The van der Waals surface area contributed by atoms with Crippen LogP contribution in [0.2, 0.25) is 0 Å². The van der Waals surface area contributed by atoms with Gasteiger partial charge in [0.25, 0.3) is 0 Å². The van der Waals surface area contributed by atoms with Crippen molar-refractivity contribution in [1.82, 2.24) is 5.32 Å². The van der Waals surface area contributed by atoms with Crippen LogP contribution in [0.1, 0.15) is 24.4 Å². The molecule has 3 heteroatoms. The van der Waals surface area contributed by atoms with Crippen LogP contribution in [0.5, 0.6) is 0 Å². The summed E-state index contributed by atoms with van der Waals surface area (Å²) in [5.41, 5.74) is 0.446. The van der Waals surface area contributed by atoms with Crippen LogP contribution in [0.15, 0.2) is 24.3 Å². The SMILES string of the molecule is N#CC(NC1CC1)c1ccccc1F. The van der Waals surface area contributed by atoms with Gasteiger partial charge in [-0.25, -0.2) is 4.39 Å². The fourth-order valence-corrected chi connectivity index (χ4v) is 1.39. The molecule has 14 heavy (non-hydrogen) atoms. The minimum atomic E-state index is -0.510. The quantitative estimate of drug-likeness (QED) is 0.792. The van der Waals surface area contributed by atoms with Gasteiger partial charge in [0, 0.05) is 11.6 Å². The molecule has 1 aliphatic rings. The van der Waals surface area contributed by atoms with Gasteiger partial charge < -0.3 is 0 Å². The predicted molar refractivity (Wildman–Crippen MR) is 50.9 cm³/mol. The second-order valence-corrected chi connectivity index (χ2v) is 3.52. The summed E-state index contributed by atoms with van der Waals surface area (Å²) >= 11 is 0. The molecule has 1 fully saturated rings. The van der Waals surface area contributed by atoms with E-state index in [0.717, 1.165) is 12.8 Å². The zero-order valence-electron chi connectivity index (χ0n) is 7.70. The third kappa shape index (κ3) is 1.91. The molecule has 0 heterocycles. The van der Waals surface area contributed by atoms with E-state index in [1.165, 1.54) is 6.07 Å². The van der Waals surface area contributed by atoms with Gasteiger partial charge in [-0.2, -0.15) is 5.26 Å². The molecule has 2 nitrogen and oxygen atoms in total. The second-order valence-electron chi connectivity index (χ2n) is 3.52. The van der Waals surface area contributed by atoms with Gasteiger partial charge in [0.15, 0.2) is 0 Å². The highest BCUT2D eigenvalue weighted by molar-refractivity contribution is 5.26. The number of benzene rings is 1. The molecule has 0 aliphatic heterocycles. The summed E-state index contributed by atoms with van der Waals surface area (Å²) in [5.74, 6) is -0.313. The molecule has 1 unspecified atom stereocenters. The van der Waals surface area contributed by atoms with Crippen molar-refractivity contribution in [3.05, 3.63) is 35.6 Å². The van der Waals surface area contributed by atoms with Crippen molar-refractivity contribution in [2.45, 2.75) is 24.9 Å². The fourth-order valence-electron chi connectivity index (χ4n) is 1.39. The molecule has 1 N–H and O–H groups in total. The van der Waals surface area contributed by atoms with E-state index in [1.807, 2.05) is 0 Å². The molecule has 1 atom stereocenters. The zero-order chi connectivity index (χ0) is 9.97. The smallest absolute Gasteiger partial charge is 0.129 e. The molecule has 1 aromatic carbocycles.